The van der Waals surface area contributed by atoms with Crippen LogP contribution in [0.5, 0.6) is 0 Å². The minimum absolute atomic E-state index is 0.410. The normalized spacial score (nSPS) is 18.5. The second-order valence-corrected chi connectivity index (χ2v) is 4.55. The zero-order valence-electron chi connectivity index (χ0n) is 8.89. The van der Waals surface area contributed by atoms with E-state index >= 15 is 0 Å². The molecule has 82 valence electrons. The van der Waals surface area contributed by atoms with Crippen LogP contribution in [0, 0.1) is 0 Å². The van der Waals surface area contributed by atoms with Gasteiger partial charge in [0.25, 0.3) is 0 Å². The van der Waals surface area contributed by atoms with Gasteiger partial charge in [-0.1, -0.05) is 12.2 Å². The summed E-state index contributed by atoms with van der Waals surface area (Å²) in [6.45, 7) is 5.12. The summed E-state index contributed by atoms with van der Waals surface area (Å²) in [5.74, 6) is 1.14. The van der Waals surface area contributed by atoms with Gasteiger partial charge in [-0.3, -0.25) is 4.90 Å². The number of hydrogen-bond acceptors (Lipinski definition) is 3. The average molecular weight is 224 g/mol. The van der Waals surface area contributed by atoms with E-state index in [1.165, 1.54) is 0 Å². The van der Waals surface area contributed by atoms with Crippen molar-refractivity contribution < 1.29 is 0 Å². The Labute approximate surface area is 95.1 Å². The van der Waals surface area contributed by atoms with Gasteiger partial charge in [0.15, 0.2) is 0 Å². The molecular formula is C10H16N4S. The summed E-state index contributed by atoms with van der Waals surface area (Å²) in [6.07, 6.45) is 4.68. The number of imidazole rings is 1. The van der Waals surface area contributed by atoms with E-state index < -0.39 is 0 Å². The van der Waals surface area contributed by atoms with Crippen molar-refractivity contribution in [2.75, 3.05) is 6.54 Å². The minimum atomic E-state index is 0.410. The summed E-state index contributed by atoms with van der Waals surface area (Å²) in [4.78, 5) is 7.30. The van der Waals surface area contributed by atoms with Crippen LogP contribution in [0.15, 0.2) is 12.4 Å². The van der Waals surface area contributed by atoms with Gasteiger partial charge in [0.05, 0.1) is 11.5 Å². The minimum Gasteiger partial charge on any atom is -0.393 e. The highest BCUT2D eigenvalue weighted by Crippen LogP contribution is 2.14. The topological polar surface area (TPSA) is 47.1 Å². The van der Waals surface area contributed by atoms with Gasteiger partial charge in [-0.25, -0.2) is 4.98 Å². The van der Waals surface area contributed by atoms with Crippen molar-refractivity contribution in [3.8, 4) is 0 Å². The molecule has 2 rings (SSSR count). The maximum Gasteiger partial charge on any atom is 0.122 e. The van der Waals surface area contributed by atoms with Gasteiger partial charge in [0.2, 0.25) is 0 Å². The molecule has 1 atom stereocenters. The average Bonchev–Trinajstić information content (AvgIpc) is 2.62. The van der Waals surface area contributed by atoms with Gasteiger partial charge in [-0.05, 0) is 6.92 Å². The van der Waals surface area contributed by atoms with E-state index in [2.05, 4.69) is 21.4 Å². The first kappa shape index (κ1) is 10.6. The predicted molar refractivity (Wildman–Crippen MR) is 63.5 cm³/mol. The summed E-state index contributed by atoms with van der Waals surface area (Å²) in [6, 6.07) is 0.410. The molecule has 1 aromatic heterocycles. The molecule has 4 nitrogen and oxygen atoms in total. The van der Waals surface area contributed by atoms with Crippen LogP contribution in [0.1, 0.15) is 19.2 Å². The van der Waals surface area contributed by atoms with Crippen molar-refractivity contribution in [3.63, 3.8) is 0 Å². The van der Waals surface area contributed by atoms with E-state index in [0.717, 1.165) is 31.9 Å². The van der Waals surface area contributed by atoms with Crippen LogP contribution in [0.2, 0.25) is 0 Å². The lowest BCUT2D eigenvalue weighted by Crippen LogP contribution is -2.41. The maximum absolute atomic E-state index is 5.56. The highest BCUT2D eigenvalue weighted by molar-refractivity contribution is 7.80. The summed E-state index contributed by atoms with van der Waals surface area (Å²) in [5, 5.41) is 0. The van der Waals surface area contributed by atoms with Crippen molar-refractivity contribution >= 4 is 17.2 Å². The van der Waals surface area contributed by atoms with E-state index in [9.17, 15) is 0 Å². The third-order valence-electron chi connectivity index (χ3n) is 2.89. The SMILES string of the molecule is CC(CC(N)=S)N1CCn2ccnc2C1. The zero-order chi connectivity index (χ0) is 10.8. The number of thiocarbonyl (C=S) groups is 1. The molecule has 2 N–H and O–H groups in total. The monoisotopic (exact) mass is 224 g/mol. The Morgan fingerprint density at radius 2 is 2.47 bits per heavy atom. The number of nitrogens with zero attached hydrogens (tertiary/aromatic N) is 3. The lowest BCUT2D eigenvalue weighted by molar-refractivity contribution is 0.166. The van der Waals surface area contributed by atoms with Crippen LogP contribution >= 0.6 is 12.2 Å². The van der Waals surface area contributed by atoms with Gasteiger partial charge < -0.3 is 10.3 Å². The number of aromatic nitrogens is 2. The van der Waals surface area contributed by atoms with Gasteiger partial charge in [0.1, 0.15) is 5.82 Å². The van der Waals surface area contributed by atoms with Crippen molar-refractivity contribution in [1.82, 2.24) is 14.5 Å². The number of rotatable bonds is 3. The largest absolute Gasteiger partial charge is 0.393 e. The molecule has 0 saturated heterocycles. The summed E-state index contributed by atoms with van der Waals surface area (Å²) in [7, 11) is 0. The lowest BCUT2D eigenvalue weighted by Gasteiger charge is -2.32. The summed E-state index contributed by atoms with van der Waals surface area (Å²) < 4.78 is 2.20. The molecule has 1 aromatic rings. The third-order valence-corrected chi connectivity index (χ3v) is 3.06. The molecule has 0 fully saturated rings. The highest BCUT2D eigenvalue weighted by atomic mass is 32.1. The molecule has 0 radical (unpaired) electrons. The van der Waals surface area contributed by atoms with Crippen LogP contribution in [0.3, 0.4) is 0 Å². The number of hydrogen-bond donors (Lipinski definition) is 1. The Hall–Kier alpha value is -0.940. The van der Waals surface area contributed by atoms with Crippen molar-refractivity contribution in [2.24, 2.45) is 5.73 Å². The Morgan fingerprint density at radius 3 is 3.20 bits per heavy atom. The first-order valence-corrected chi connectivity index (χ1v) is 5.60. The van der Waals surface area contributed by atoms with E-state index in [1.54, 1.807) is 0 Å². The van der Waals surface area contributed by atoms with Gasteiger partial charge in [-0.15, -0.1) is 0 Å². The molecular weight excluding hydrogens is 208 g/mol. The first-order chi connectivity index (χ1) is 7.16. The first-order valence-electron chi connectivity index (χ1n) is 5.19. The van der Waals surface area contributed by atoms with E-state index in [0.29, 0.717) is 11.0 Å². The molecule has 5 heteroatoms. The molecule has 0 spiro atoms. The van der Waals surface area contributed by atoms with Crippen molar-refractivity contribution in [1.29, 1.82) is 0 Å². The molecule has 1 unspecified atom stereocenters. The molecule has 2 heterocycles. The second-order valence-electron chi connectivity index (χ2n) is 4.03. The van der Waals surface area contributed by atoms with Gasteiger partial charge >= 0.3 is 0 Å². The van der Waals surface area contributed by atoms with E-state index in [-0.39, 0.29) is 0 Å². The Balaban J connectivity index is 2.00. The lowest BCUT2D eigenvalue weighted by atomic mass is 10.2. The maximum atomic E-state index is 5.56. The molecule has 0 aromatic carbocycles. The quantitative estimate of drug-likeness (QED) is 0.770. The van der Waals surface area contributed by atoms with E-state index in [1.807, 2.05) is 12.4 Å². The fraction of sp³-hybridized carbons (Fsp3) is 0.600. The molecule has 1 aliphatic rings. The Kier molecular flexibility index (Phi) is 3.02. The van der Waals surface area contributed by atoms with Gasteiger partial charge in [-0.2, -0.15) is 0 Å². The second kappa shape index (κ2) is 4.28. The van der Waals surface area contributed by atoms with Crippen LogP contribution in [0.25, 0.3) is 0 Å². The van der Waals surface area contributed by atoms with Crippen molar-refractivity contribution in [2.45, 2.75) is 32.5 Å². The number of nitrogens with two attached hydrogens (primary N) is 1. The molecule has 15 heavy (non-hydrogen) atoms. The Bertz CT molecular complexity index is 360. The van der Waals surface area contributed by atoms with Crippen LogP contribution in [0.4, 0.5) is 0 Å². The van der Waals surface area contributed by atoms with Crippen molar-refractivity contribution in [3.05, 3.63) is 18.2 Å². The molecule has 0 amide bonds. The molecule has 0 bridgehead atoms. The predicted octanol–water partition coefficient (Wildman–Crippen LogP) is 0.763. The summed E-state index contributed by atoms with van der Waals surface area (Å²) in [5.41, 5.74) is 5.56. The highest BCUT2D eigenvalue weighted by Gasteiger charge is 2.21. The fourth-order valence-corrected chi connectivity index (χ4v) is 2.23. The molecule has 0 saturated carbocycles. The van der Waals surface area contributed by atoms with Crippen LogP contribution in [-0.4, -0.2) is 32.0 Å². The van der Waals surface area contributed by atoms with Crippen LogP contribution < -0.4 is 5.73 Å². The smallest absolute Gasteiger partial charge is 0.122 e. The van der Waals surface area contributed by atoms with E-state index in [4.69, 9.17) is 18.0 Å². The molecule has 0 aliphatic carbocycles. The summed E-state index contributed by atoms with van der Waals surface area (Å²) >= 11 is 4.93. The number of fused-ring (bicyclic) bond motifs is 1. The zero-order valence-corrected chi connectivity index (χ0v) is 9.70. The third kappa shape index (κ3) is 2.35. The molecule has 1 aliphatic heterocycles. The van der Waals surface area contributed by atoms with Gasteiger partial charge in [0, 0.05) is 37.9 Å². The standard InChI is InChI=1S/C10H16N4S/c1-8(6-9(11)15)14-5-4-13-3-2-12-10(13)7-14/h2-3,8H,4-7H2,1H3,(H2,11,15). The van der Waals surface area contributed by atoms with Crippen LogP contribution in [-0.2, 0) is 13.1 Å². The Morgan fingerprint density at radius 1 is 1.67 bits per heavy atom. The fourth-order valence-electron chi connectivity index (χ4n) is 1.99.